The van der Waals surface area contributed by atoms with Gasteiger partial charge in [0.2, 0.25) is 5.91 Å². The van der Waals surface area contributed by atoms with Gasteiger partial charge in [0.15, 0.2) is 0 Å². The number of hydrogen-bond donors (Lipinski definition) is 2. The number of halogens is 1. The molecule has 2 aromatic carbocycles. The van der Waals surface area contributed by atoms with Gasteiger partial charge in [-0.2, -0.15) is 0 Å². The average Bonchev–Trinajstić information content (AvgIpc) is 2.87. The molecular weight excluding hydrogens is 349 g/mol. The lowest BCUT2D eigenvalue weighted by Gasteiger charge is -2.22. The van der Waals surface area contributed by atoms with E-state index in [2.05, 4.69) is 10.6 Å². The number of imide groups is 1. The molecule has 3 rings (SSSR count). The molecule has 6 nitrogen and oxygen atoms in total. The zero-order chi connectivity index (χ0) is 19.4. The van der Waals surface area contributed by atoms with Gasteiger partial charge in [0.05, 0.1) is 0 Å². The maximum absolute atomic E-state index is 13.1. The first-order valence-corrected chi connectivity index (χ1v) is 8.61. The minimum atomic E-state index is -1.32. The summed E-state index contributed by atoms with van der Waals surface area (Å²) in [6.45, 7) is 1.58. The Bertz CT molecular complexity index is 855. The van der Waals surface area contributed by atoms with E-state index in [9.17, 15) is 18.8 Å². The number of carbonyl (C=O) groups is 3. The monoisotopic (exact) mass is 369 g/mol. The van der Waals surface area contributed by atoms with Gasteiger partial charge in [0.25, 0.3) is 5.91 Å². The van der Waals surface area contributed by atoms with Gasteiger partial charge in [-0.05, 0) is 36.6 Å². The molecular formula is C20H20FN3O3. The Labute approximate surface area is 156 Å². The molecule has 0 saturated carbocycles. The zero-order valence-electron chi connectivity index (χ0n) is 14.9. The fraction of sp³-hybridized carbons (Fsp3) is 0.250. The molecule has 7 heteroatoms. The summed E-state index contributed by atoms with van der Waals surface area (Å²) in [6, 6.07) is 14.3. The first-order valence-electron chi connectivity index (χ1n) is 8.61. The smallest absolute Gasteiger partial charge is 0.325 e. The Hall–Kier alpha value is -3.22. The largest absolute Gasteiger partial charge is 0.354 e. The van der Waals surface area contributed by atoms with Crippen LogP contribution < -0.4 is 10.6 Å². The van der Waals surface area contributed by atoms with E-state index in [4.69, 9.17) is 0 Å². The Morgan fingerprint density at radius 1 is 1.11 bits per heavy atom. The van der Waals surface area contributed by atoms with E-state index in [0.717, 1.165) is 10.5 Å². The molecule has 1 aliphatic rings. The Morgan fingerprint density at radius 3 is 2.44 bits per heavy atom. The van der Waals surface area contributed by atoms with E-state index >= 15 is 0 Å². The van der Waals surface area contributed by atoms with Crippen LogP contribution in [0.3, 0.4) is 0 Å². The van der Waals surface area contributed by atoms with Crippen LogP contribution in [0, 0.1) is 5.82 Å². The number of amides is 4. The molecule has 1 fully saturated rings. The van der Waals surface area contributed by atoms with Crippen molar-refractivity contribution in [1.82, 2.24) is 15.5 Å². The topological polar surface area (TPSA) is 78.5 Å². The molecule has 0 radical (unpaired) electrons. The summed E-state index contributed by atoms with van der Waals surface area (Å²) >= 11 is 0. The van der Waals surface area contributed by atoms with Crippen LogP contribution in [0.4, 0.5) is 9.18 Å². The van der Waals surface area contributed by atoms with Gasteiger partial charge in [-0.3, -0.25) is 14.5 Å². The number of urea groups is 1. The van der Waals surface area contributed by atoms with Crippen molar-refractivity contribution in [3.05, 3.63) is 71.5 Å². The van der Waals surface area contributed by atoms with E-state index in [0.29, 0.717) is 18.5 Å². The van der Waals surface area contributed by atoms with Crippen LogP contribution >= 0.6 is 0 Å². The van der Waals surface area contributed by atoms with Gasteiger partial charge in [-0.1, -0.05) is 42.5 Å². The number of nitrogens with one attached hydrogen (secondary N) is 2. The highest BCUT2D eigenvalue weighted by Gasteiger charge is 2.49. The van der Waals surface area contributed by atoms with Crippen molar-refractivity contribution >= 4 is 17.8 Å². The second kappa shape index (κ2) is 7.57. The first-order chi connectivity index (χ1) is 12.9. The number of benzene rings is 2. The number of carbonyl (C=O) groups excluding carboxylic acids is 3. The van der Waals surface area contributed by atoms with E-state index < -0.39 is 29.2 Å². The van der Waals surface area contributed by atoms with Crippen LogP contribution in [0.1, 0.15) is 18.1 Å². The molecule has 1 aliphatic heterocycles. The van der Waals surface area contributed by atoms with E-state index in [-0.39, 0.29) is 6.54 Å². The molecule has 1 atom stereocenters. The van der Waals surface area contributed by atoms with Crippen molar-refractivity contribution in [2.24, 2.45) is 0 Å². The van der Waals surface area contributed by atoms with E-state index in [1.807, 2.05) is 30.3 Å². The third-order valence-corrected chi connectivity index (χ3v) is 4.58. The fourth-order valence-electron chi connectivity index (χ4n) is 3.01. The summed E-state index contributed by atoms with van der Waals surface area (Å²) in [4.78, 5) is 37.9. The van der Waals surface area contributed by atoms with Crippen LogP contribution in [-0.2, 0) is 21.5 Å². The standard InChI is InChI=1S/C20H20FN3O3/c1-20(15-7-9-16(21)10-8-15)18(26)24(19(27)23-20)13-17(25)22-12-11-14-5-3-2-4-6-14/h2-10H,11-13H2,1H3,(H,22,25)(H,23,27). The normalized spacial score (nSPS) is 19.1. The minimum absolute atomic E-state index is 0.365. The summed E-state index contributed by atoms with van der Waals surface area (Å²) in [7, 11) is 0. The summed E-state index contributed by atoms with van der Waals surface area (Å²) < 4.78 is 13.1. The van der Waals surface area contributed by atoms with Crippen molar-refractivity contribution < 1.29 is 18.8 Å². The molecule has 0 aliphatic carbocycles. The zero-order valence-corrected chi connectivity index (χ0v) is 14.9. The fourth-order valence-corrected chi connectivity index (χ4v) is 3.01. The number of rotatable bonds is 6. The lowest BCUT2D eigenvalue weighted by molar-refractivity contribution is -0.134. The van der Waals surface area contributed by atoms with Crippen molar-refractivity contribution in [3.63, 3.8) is 0 Å². The first kappa shape index (κ1) is 18.6. The molecule has 0 bridgehead atoms. The average molecular weight is 369 g/mol. The van der Waals surface area contributed by atoms with E-state index in [1.165, 1.54) is 31.2 Å². The van der Waals surface area contributed by atoms with Crippen molar-refractivity contribution in [2.45, 2.75) is 18.9 Å². The second-order valence-corrected chi connectivity index (χ2v) is 6.54. The van der Waals surface area contributed by atoms with Crippen LogP contribution in [0.15, 0.2) is 54.6 Å². The highest BCUT2D eigenvalue weighted by molar-refractivity contribution is 6.09. The summed E-state index contributed by atoms with van der Waals surface area (Å²) in [6.07, 6.45) is 0.653. The second-order valence-electron chi connectivity index (χ2n) is 6.54. The van der Waals surface area contributed by atoms with Crippen molar-refractivity contribution in [1.29, 1.82) is 0 Å². The van der Waals surface area contributed by atoms with Gasteiger partial charge in [-0.15, -0.1) is 0 Å². The van der Waals surface area contributed by atoms with Crippen LogP contribution in [0.2, 0.25) is 0 Å². The van der Waals surface area contributed by atoms with E-state index in [1.54, 1.807) is 0 Å². The third-order valence-electron chi connectivity index (χ3n) is 4.58. The Morgan fingerprint density at radius 2 is 1.78 bits per heavy atom. The Balaban J connectivity index is 1.60. The SMILES string of the molecule is CC1(c2ccc(F)cc2)NC(=O)N(CC(=O)NCCc2ccccc2)C1=O. The summed E-state index contributed by atoms with van der Waals surface area (Å²) in [5.74, 6) is -1.40. The van der Waals surface area contributed by atoms with Crippen LogP contribution in [0.25, 0.3) is 0 Å². The lowest BCUT2D eigenvalue weighted by Crippen LogP contribution is -2.43. The molecule has 0 spiro atoms. The highest BCUT2D eigenvalue weighted by atomic mass is 19.1. The number of nitrogens with zero attached hydrogens (tertiary/aromatic N) is 1. The van der Waals surface area contributed by atoms with Gasteiger partial charge in [0.1, 0.15) is 17.9 Å². The molecule has 2 aromatic rings. The third kappa shape index (κ3) is 3.97. The van der Waals surface area contributed by atoms with Gasteiger partial charge in [0, 0.05) is 6.54 Å². The molecule has 2 N–H and O–H groups in total. The minimum Gasteiger partial charge on any atom is -0.354 e. The predicted molar refractivity (Wildman–Crippen MR) is 97.2 cm³/mol. The van der Waals surface area contributed by atoms with Crippen molar-refractivity contribution in [3.8, 4) is 0 Å². The van der Waals surface area contributed by atoms with Gasteiger partial charge < -0.3 is 10.6 Å². The summed E-state index contributed by atoms with van der Waals surface area (Å²) in [5, 5.41) is 5.30. The maximum atomic E-state index is 13.1. The Kier molecular flexibility index (Phi) is 5.21. The van der Waals surface area contributed by atoms with Gasteiger partial charge >= 0.3 is 6.03 Å². The quantitative estimate of drug-likeness (QED) is 0.764. The van der Waals surface area contributed by atoms with Crippen LogP contribution in [-0.4, -0.2) is 35.8 Å². The molecule has 1 heterocycles. The summed E-state index contributed by atoms with van der Waals surface area (Å²) in [5.41, 5.74) is 0.209. The molecule has 4 amide bonds. The number of hydrogen-bond acceptors (Lipinski definition) is 3. The lowest BCUT2D eigenvalue weighted by atomic mass is 9.92. The molecule has 27 heavy (non-hydrogen) atoms. The van der Waals surface area contributed by atoms with Crippen molar-refractivity contribution in [2.75, 3.05) is 13.1 Å². The molecule has 0 aromatic heterocycles. The predicted octanol–water partition coefficient (Wildman–Crippen LogP) is 1.95. The van der Waals surface area contributed by atoms with Crippen LogP contribution in [0.5, 0.6) is 0 Å². The molecule has 1 saturated heterocycles. The molecule has 140 valence electrons. The highest BCUT2D eigenvalue weighted by Crippen LogP contribution is 2.28. The van der Waals surface area contributed by atoms with Gasteiger partial charge in [-0.25, -0.2) is 9.18 Å². The molecule has 1 unspecified atom stereocenters. The maximum Gasteiger partial charge on any atom is 0.325 e.